The quantitative estimate of drug-likeness (QED) is 0.702. The molecule has 7 nitrogen and oxygen atoms in total. The van der Waals surface area contributed by atoms with E-state index in [0.29, 0.717) is 6.42 Å². The van der Waals surface area contributed by atoms with Crippen LogP contribution in [0.5, 0.6) is 0 Å². The average Bonchev–Trinajstić information content (AvgIpc) is 2.51. The predicted molar refractivity (Wildman–Crippen MR) is 79.5 cm³/mol. The van der Waals surface area contributed by atoms with Crippen LogP contribution >= 0.6 is 11.8 Å². The Hall–Kier alpha value is -2.35. The highest BCUT2D eigenvalue weighted by atomic mass is 32.2. The molecule has 1 saturated heterocycles. The lowest BCUT2D eigenvalue weighted by Crippen LogP contribution is -2.45. The maximum atomic E-state index is 11.7. The fourth-order valence-corrected chi connectivity index (χ4v) is 2.67. The predicted octanol–water partition coefficient (Wildman–Crippen LogP) is -0.622. The van der Waals surface area contributed by atoms with E-state index in [4.69, 9.17) is 0 Å². The van der Waals surface area contributed by atoms with Crippen molar-refractivity contribution in [3.05, 3.63) is 35.9 Å². The van der Waals surface area contributed by atoms with Crippen LogP contribution in [0.1, 0.15) is 18.4 Å². The number of carbonyl (C=O) groups is 3. The second-order valence-corrected chi connectivity index (χ2v) is 5.81. The van der Waals surface area contributed by atoms with Crippen molar-refractivity contribution in [2.45, 2.75) is 24.5 Å². The molecule has 1 aliphatic heterocycles. The van der Waals surface area contributed by atoms with Gasteiger partial charge in [-0.05, 0) is 12.0 Å². The van der Waals surface area contributed by atoms with E-state index in [-0.39, 0.29) is 23.9 Å². The second kappa shape index (κ2) is 7.60. The van der Waals surface area contributed by atoms with Crippen molar-refractivity contribution in [1.29, 1.82) is 0 Å². The van der Waals surface area contributed by atoms with Crippen LogP contribution in [0.25, 0.3) is 0 Å². The number of nitrogens with zero attached hydrogens (tertiary/aromatic N) is 1. The average molecular weight is 320 g/mol. The monoisotopic (exact) mass is 320 g/mol. The summed E-state index contributed by atoms with van der Waals surface area (Å²) in [4.78, 5) is 33.8. The number of carboxylic acid groups (broad SMARTS) is 1. The van der Waals surface area contributed by atoms with E-state index in [0.717, 1.165) is 17.3 Å². The minimum atomic E-state index is -1.33. The van der Waals surface area contributed by atoms with E-state index < -0.39 is 17.1 Å². The van der Waals surface area contributed by atoms with E-state index in [9.17, 15) is 19.5 Å². The molecule has 1 atom stereocenters. The van der Waals surface area contributed by atoms with Crippen LogP contribution < -0.4 is 15.8 Å². The van der Waals surface area contributed by atoms with Gasteiger partial charge in [-0.1, -0.05) is 42.1 Å². The zero-order valence-electron chi connectivity index (χ0n) is 11.6. The normalized spacial score (nSPS) is 19.5. The van der Waals surface area contributed by atoms with Gasteiger partial charge in [0.1, 0.15) is 0 Å². The van der Waals surface area contributed by atoms with Crippen LogP contribution in [0.3, 0.4) is 0 Å². The maximum absolute atomic E-state index is 11.7. The highest BCUT2D eigenvalue weighted by Crippen LogP contribution is 2.19. The summed E-state index contributed by atoms with van der Waals surface area (Å²) in [6, 6.07) is 9.51. The summed E-state index contributed by atoms with van der Waals surface area (Å²) >= 11 is 0.841. The lowest BCUT2D eigenvalue weighted by molar-refractivity contribution is -0.304. The number of hydrogen-bond donors (Lipinski definition) is 2. The molecule has 0 radical (unpaired) electrons. The molecule has 1 heterocycles. The molecule has 0 aromatic heterocycles. The summed E-state index contributed by atoms with van der Waals surface area (Å²) in [7, 11) is 0. The van der Waals surface area contributed by atoms with Crippen LogP contribution in [-0.4, -0.2) is 28.2 Å². The number of amides is 2. The van der Waals surface area contributed by atoms with Crippen LogP contribution in [0.2, 0.25) is 0 Å². The number of nitrogens with one attached hydrogen (secondary N) is 2. The molecule has 0 unspecified atom stereocenters. The Kier molecular flexibility index (Phi) is 5.54. The van der Waals surface area contributed by atoms with E-state index >= 15 is 0 Å². The van der Waals surface area contributed by atoms with Gasteiger partial charge in [0.15, 0.2) is 5.17 Å². The van der Waals surface area contributed by atoms with Crippen molar-refractivity contribution in [2.75, 3.05) is 0 Å². The zero-order valence-corrected chi connectivity index (χ0v) is 12.4. The van der Waals surface area contributed by atoms with Crippen molar-refractivity contribution in [3.63, 3.8) is 0 Å². The summed E-state index contributed by atoms with van der Waals surface area (Å²) in [5.74, 6) is -2.12. The molecule has 116 valence electrons. The molecule has 0 spiro atoms. The number of benzene rings is 1. The van der Waals surface area contributed by atoms with Gasteiger partial charge in [0.25, 0.3) is 0 Å². The first-order valence-electron chi connectivity index (χ1n) is 6.62. The lowest BCUT2D eigenvalue weighted by Gasteiger charge is -2.23. The SMILES string of the molecule is O=C(CCc1ccccc1)N/N=C1\NC(=O)C[C@H](C(=O)[O-])S1. The highest BCUT2D eigenvalue weighted by Gasteiger charge is 2.25. The minimum absolute atomic E-state index is 0.0542. The van der Waals surface area contributed by atoms with Gasteiger partial charge in [0, 0.05) is 12.8 Å². The number of thioether (sulfide) groups is 1. The first-order chi connectivity index (χ1) is 10.5. The fourth-order valence-electron chi connectivity index (χ4n) is 1.80. The summed E-state index contributed by atoms with van der Waals surface area (Å²) < 4.78 is 0. The number of carboxylic acids is 1. The van der Waals surface area contributed by atoms with Crippen LogP contribution in [-0.2, 0) is 20.8 Å². The molecule has 22 heavy (non-hydrogen) atoms. The van der Waals surface area contributed by atoms with Crippen LogP contribution in [0, 0.1) is 0 Å². The first kappa shape index (κ1) is 16.0. The molecule has 0 aliphatic carbocycles. The summed E-state index contributed by atoms with van der Waals surface area (Å²) in [6.07, 6.45) is 0.635. The van der Waals surface area contributed by atoms with Crippen molar-refractivity contribution in [2.24, 2.45) is 5.10 Å². The molecule has 0 bridgehead atoms. The van der Waals surface area contributed by atoms with Gasteiger partial charge in [0.05, 0.1) is 11.2 Å². The van der Waals surface area contributed by atoms with Gasteiger partial charge in [-0.2, -0.15) is 0 Å². The van der Waals surface area contributed by atoms with Gasteiger partial charge in [-0.15, -0.1) is 5.10 Å². The maximum Gasteiger partial charge on any atom is 0.240 e. The number of hydrogen-bond acceptors (Lipinski definition) is 6. The third-order valence-corrected chi connectivity index (χ3v) is 3.96. The van der Waals surface area contributed by atoms with Gasteiger partial charge < -0.3 is 15.2 Å². The van der Waals surface area contributed by atoms with Gasteiger partial charge in [-0.3, -0.25) is 9.59 Å². The molecular weight excluding hydrogens is 306 g/mol. The summed E-state index contributed by atoms with van der Waals surface area (Å²) in [5, 5.41) is 16.0. The Morgan fingerprint density at radius 1 is 1.36 bits per heavy atom. The Balaban J connectivity index is 1.83. The number of aryl methyl sites for hydroxylation is 1. The smallest absolute Gasteiger partial charge is 0.240 e. The van der Waals surface area contributed by atoms with E-state index in [2.05, 4.69) is 15.8 Å². The number of rotatable bonds is 5. The number of hydrazone groups is 1. The van der Waals surface area contributed by atoms with Gasteiger partial charge in [-0.25, -0.2) is 5.43 Å². The highest BCUT2D eigenvalue weighted by molar-refractivity contribution is 8.15. The van der Waals surface area contributed by atoms with Crippen LogP contribution in [0.15, 0.2) is 35.4 Å². The second-order valence-electron chi connectivity index (χ2n) is 4.62. The number of amidine groups is 1. The van der Waals surface area contributed by atoms with Crippen molar-refractivity contribution < 1.29 is 19.5 Å². The van der Waals surface area contributed by atoms with Gasteiger partial charge in [0.2, 0.25) is 11.8 Å². The summed E-state index contributed by atoms with van der Waals surface area (Å²) in [5.41, 5.74) is 3.33. The van der Waals surface area contributed by atoms with Gasteiger partial charge >= 0.3 is 0 Å². The van der Waals surface area contributed by atoms with E-state index in [1.807, 2.05) is 30.3 Å². The molecule has 1 aliphatic rings. The van der Waals surface area contributed by atoms with E-state index in [1.165, 1.54) is 0 Å². The first-order valence-corrected chi connectivity index (χ1v) is 7.50. The molecule has 1 fully saturated rings. The van der Waals surface area contributed by atoms with Crippen molar-refractivity contribution in [1.82, 2.24) is 10.7 Å². The molecule has 2 rings (SSSR count). The number of carbonyl (C=O) groups excluding carboxylic acids is 3. The van der Waals surface area contributed by atoms with E-state index in [1.54, 1.807) is 0 Å². The third kappa shape index (κ3) is 4.88. The molecule has 1 aromatic carbocycles. The molecular formula is C14H14N3O4S-. The molecule has 2 N–H and O–H groups in total. The lowest BCUT2D eigenvalue weighted by atomic mass is 10.1. The van der Waals surface area contributed by atoms with Crippen LogP contribution in [0.4, 0.5) is 0 Å². The van der Waals surface area contributed by atoms with Crippen molar-refractivity contribution >= 4 is 34.7 Å². The topological polar surface area (TPSA) is 111 Å². The fraction of sp³-hybridized carbons (Fsp3) is 0.286. The number of aliphatic carboxylic acids is 1. The minimum Gasteiger partial charge on any atom is -0.549 e. The van der Waals surface area contributed by atoms with Crippen molar-refractivity contribution in [3.8, 4) is 0 Å². The summed E-state index contributed by atoms with van der Waals surface area (Å²) in [6.45, 7) is 0. The molecule has 8 heteroatoms. The molecule has 1 aromatic rings. The Morgan fingerprint density at radius 2 is 2.09 bits per heavy atom. The third-order valence-electron chi connectivity index (χ3n) is 2.90. The Bertz CT molecular complexity index is 603. The Labute approximate surface area is 131 Å². The largest absolute Gasteiger partial charge is 0.549 e. The Morgan fingerprint density at radius 3 is 2.77 bits per heavy atom. The molecule has 2 amide bonds. The zero-order chi connectivity index (χ0) is 15.9. The standard InChI is InChI=1S/C14H15N3O4S/c18-11(7-6-9-4-2-1-3-5-9)16-17-14-15-12(19)8-10(22-14)13(20)21/h1-5,10H,6-8H2,(H,16,18)(H,20,21)(H,15,17,19)/p-1/t10-/m1/s1. The molecule has 0 saturated carbocycles.